The first kappa shape index (κ1) is 16.2. The van der Waals surface area contributed by atoms with E-state index in [2.05, 4.69) is 10.5 Å². The van der Waals surface area contributed by atoms with E-state index in [1.807, 2.05) is 30.3 Å². The summed E-state index contributed by atoms with van der Waals surface area (Å²) in [6, 6.07) is 9.62. The number of nitrogens with zero attached hydrogens (tertiary/aromatic N) is 1. The maximum absolute atomic E-state index is 13.0. The Labute approximate surface area is 156 Å². The summed E-state index contributed by atoms with van der Waals surface area (Å²) in [5.41, 5.74) is -0.0943. The Balaban J connectivity index is 1.38. The summed E-state index contributed by atoms with van der Waals surface area (Å²) in [6.45, 7) is 0. The van der Waals surface area contributed by atoms with Crippen molar-refractivity contribution in [1.82, 2.24) is 10.5 Å². The maximum atomic E-state index is 13.0. The zero-order valence-corrected chi connectivity index (χ0v) is 15.3. The van der Waals surface area contributed by atoms with Crippen LogP contribution in [0.15, 0.2) is 44.6 Å². The summed E-state index contributed by atoms with van der Waals surface area (Å²) in [5.74, 6) is 1.90. The van der Waals surface area contributed by atoms with Crippen LogP contribution in [0.5, 0.6) is 5.88 Å². The van der Waals surface area contributed by atoms with Gasteiger partial charge in [0.2, 0.25) is 5.76 Å². The van der Waals surface area contributed by atoms with Crippen LogP contribution in [0.4, 0.5) is 0 Å². The monoisotopic (exact) mass is 370 g/mol. The van der Waals surface area contributed by atoms with E-state index in [9.17, 15) is 9.90 Å². The van der Waals surface area contributed by atoms with Gasteiger partial charge in [-0.15, -0.1) is 0 Å². The van der Waals surface area contributed by atoms with E-state index in [1.54, 1.807) is 0 Å². The standard InChI is InChI=1S/C20H22N2O3S/c23-18(21-20-9-12-6-13(10-20)8-14(7-12)11-20)16-17(19(24)22-25-16)26-15-4-2-1-3-5-15/h1-5,12-14H,6-11H2,(H,21,23)(H,22,24). The van der Waals surface area contributed by atoms with Gasteiger partial charge in [-0.3, -0.25) is 4.79 Å². The summed E-state index contributed by atoms with van der Waals surface area (Å²) >= 11 is 1.30. The zero-order valence-electron chi connectivity index (χ0n) is 14.5. The van der Waals surface area contributed by atoms with Gasteiger partial charge in [0, 0.05) is 10.4 Å². The number of carbonyl (C=O) groups is 1. The molecule has 2 aromatic rings. The lowest BCUT2D eigenvalue weighted by atomic mass is 9.53. The van der Waals surface area contributed by atoms with Gasteiger partial charge in [-0.25, -0.2) is 0 Å². The van der Waals surface area contributed by atoms with Crippen molar-refractivity contribution in [3.05, 3.63) is 36.1 Å². The molecular weight excluding hydrogens is 348 g/mol. The molecule has 1 amide bonds. The Hall–Kier alpha value is -1.95. The van der Waals surface area contributed by atoms with Crippen molar-refractivity contribution in [2.75, 3.05) is 0 Å². The van der Waals surface area contributed by atoms with Gasteiger partial charge in [0.1, 0.15) is 4.90 Å². The smallest absolute Gasteiger partial charge is 0.291 e. The van der Waals surface area contributed by atoms with E-state index in [1.165, 1.54) is 31.0 Å². The lowest BCUT2D eigenvalue weighted by molar-refractivity contribution is -0.0173. The van der Waals surface area contributed by atoms with E-state index < -0.39 is 0 Å². The normalized spacial score (nSPS) is 31.9. The van der Waals surface area contributed by atoms with Crippen molar-refractivity contribution < 1.29 is 14.4 Å². The number of nitrogens with one attached hydrogen (secondary N) is 1. The van der Waals surface area contributed by atoms with Crippen molar-refractivity contribution in [1.29, 1.82) is 0 Å². The van der Waals surface area contributed by atoms with E-state index in [0.29, 0.717) is 4.90 Å². The summed E-state index contributed by atoms with van der Waals surface area (Å²) < 4.78 is 5.21. The molecule has 6 heteroatoms. The van der Waals surface area contributed by atoms with Crippen LogP contribution < -0.4 is 5.32 Å². The number of hydrogen-bond donors (Lipinski definition) is 2. The lowest BCUT2D eigenvalue weighted by Crippen LogP contribution is -2.59. The molecule has 0 unspecified atom stereocenters. The fraction of sp³-hybridized carbons (Fsp3) is 0.500. The van der Waals surface area contributed by atoms with Gasteiger partial charge in [0.25, 0.3) is 11.8 Å². The highest BCUT2D eigenvalue weighted by Gasteiger charge is 2.52. The van der Waals surface area contributed by atoms with Crippen molar-refractivity contribution in [3.63, 3.8) is 0 Å². The molecule has 1 aromatic carbocycles. The topological polar surface area (TPSA) is 75.4 Å². The zero-order chi connectivity index (χ0) is 17.7. The fourth-order valence-corrected chi connectivity index (χ4v) is 6.56. The third-order valence-corrected chi connectivity index (χ3v) is 7.30. The minimum absolute atomic E-state index is 0.0943. The molecule has 26 heavy (non-hydrogen) atoms. The van der Waals surface area contributed by atoms with Crippen LogP contribution in [0.2, 0.25) is 0 Å². The molecule has 6 rings (SSSR count). The number of carbonyl (C=O) groups excluding carboxylic acids is 1. The molecule has 0 atom stereocenters. The highest BCUT2D eigenvalue weighted by Crippen LogP contribution is 2.55. The first-order chi connectivity index (χ1) is 12.6. The molecule has 4 fully saturated rings. The minimum atomic E-state index is -0.252. The second kappa shape index (κ2) is 6.05. The molecule has 0 radical (unpaired) electrons. The van der Waals surface area contributed by atoms with Crippen molar-refractivity contribution in [2.45, 2.75) is 53.9 Å². The number of amides is 1. The van der Waals surface area contributed by atoms with E-state index in [0.717, 1.165) is 41.9 Å². The first-order valence-corrected chi connectivity index (χ1v) is 10.2. The number of aromatic hydroxyl groups is 1. The summed E-state index contributed by atoms with van der Waals surface area (Å²) in [5, 5.41) is 17.0. The van der Waals surface area contributed by atoms with E-state index in [4.69, 9.17) is 4.52 Å². The van der Waals surface area contributed by atoms with Crippen LogP contribution in [0.3, 0.4) is 0 Å². The highest BCUT2D eigenvalue weighted by atomic mass is 32.2. The quantitative estimate of drug-likeness (QED) is 0.842. The first-order valence-electron chi connectivity index (χ1n) is 9.34. The Morgan fingerprint density at radius 2 is 1.73 bits per heavy atom. The third kappa shape index (κ3) is 2.80. The predicted molar refractivity (Wildman–Crippen MR) is 97.1 cm³/mol. The molecule has 4 saturated carbocycles. The van der Waals surface area contributed by atoms with Gasteiger partial charge in [0.05, 0.1) is 0 Å². The second-order valence-electron chi connectivity index (χ2n) is 8.23. The molecule has 5 nitrogen and oxygen atoms in total. The van der Waals surface area contributed by atoms with Gasteiger partial charge in [0.15, 0.2) is 0 Å². The molecule has 4 aliphatic rings. The molecule has 4 bridgehead atoms. The van der Waals surface area contributed by atoms with Crippen LogP contribution in [0.25, 0.3) is 0 Å². The van der Waals surface area contributed by atoms with Crippen LogP contribution >= 0.6 is 11.8 Å². The molecule has 1 heterocycles. The molecule has 4 aliphatic carbocycles. The molecule has 0 spiro atoms. The maximum Gasteiger partial charge on any atom is 0.291 e. The fourth-order valence-electron chi connectivity index (χ4n) is 5.68. The molecule has 2 N–H and O–H groups in total. The third-order valence-electron chi connectivity index (χ3n) is 6.22. The Morgan fingerprint density at radius 1 is 1.12 bits per heavy atom. The van der Waals surface area contributed by atoms with Gasteiger partial charge >= 0.3 is 0 Å². The van der Waals surface area contributed by atoms with Gasteiger partial charge in [-0.05, 0) is 73.6 Å². The Kier molecular flexibility index (Phi) is 3.78. The van der Waals surface area contributed by atoms with Crippen molar-refractivity contribution in [2.24, 2.45) is 17.8 Å². The molecule has 1 aromatic heterocycles. The predicted octanol–water partition coefficient (Wildman–Crippen LogP) is 4.23. The van der Waals surface area contributed by atoms with Crippen LogP contribution in [0, 0.1) is 17.8 Å². The molecule has 136 valence electrons. The highest BCUT2D eigenvalue weighted by molar-refractivity contribution is 7.99. The summed E-state index contributed by atoms with van der Waals surface area (Å²) in [4.78, 5) is 14.3. The molecule has 0 aliphatic heterocycles. The average molecular weight is 370 g/mol. The van der Waals surface area contributed by atoms with Gasteiger partial charge < -0.3 is 14.9 Å². The van der Waals surface area contributed by atoms with Crippen LogP contribution in [-0.4, -0.2) is 21.7 Å². The largest absolute Gasteiger partial charge is 0.490 e. The van der Waals surface area contributed by atoms with Crippen molar-refractivity contribution in [3.8, 4) is 5.88 Å². The van der Waals surface area contributed by atoms with Crippen LogP contribution in [0.1, 0.15) is 49.1 Å². The second-order valence-corrected chi connectivity index (χ2v) is 9.32. The number of hydrogen-bond acceptors (Lipinski definition) is 5. The minimum Gasteiger partial charge on any atom is -0.490 e. The Morgan fingerprint density at radius 3 is 2.35 bits per heavy atom. The summed E-state index contributed by atoms with van der Waals surface area (Å²) in [7, 11) is 0. The number of rotatable bonds is 4. The Bertz CT molecular complexity index is 798. The number of benzene rings is 1. The van der Waals surface area contributed by atoms with Crippen LogP contribution in [-0.2, 0) is 0 Å². The van der Waals surface area contributed by atoms with E-state index >= 15 is 0 Å². The van der Waals surface area contributed by atoms with Gasteiger partial charge in [-0.2, -0.15) is 0 Å². The van der Waals surface area contributed by atoms with Crippen molar-refractivity contribution >= 4 is 17.7 Å². The summed E-state index contributed by atoms with van der Waals surface area (Å²) in [6.07, 6.45) is 7.21. The molecule has 0 saturated heterocycles. The van der Waals surface area contributed by atoms with Gasteiger partial charge in [-0.1, -0.05) is 30.0 Å². The average Bonchev–Trinajstić information content (AvgIpc) is 2.95. The lowest BCUT2D eigenvalue weighted by Gasteiger charge is -2.56. The number of aromatic nitrogens is 1. The molecular formula is C20H22N2O3S. The SMILES string of the molecule is O=C(NC12CC3CC(CC(C3)C1)C2)c1onc(O)c1Sc1ccccc1. The van der Waals surface area contributed by atoms with E-state index in [-0.39, 0.29) is 23.1 Å².